The molecule has 1 atom stereocenters. The number of imide groups is 1. The van der Waals surface area contributed by atoms with Gasteiger partial charge in [0.2, 0.25) is 11.8 Å². The number of nitrogens with zero attached hydrogens (tertiary/aromatic N) is 3. The second kappa shape index (κ2) is 8.24. The molecule has 0 aliphatic carbocycles. The number of carbonyl (C=O) groups excluding carboxylic acids is 4. The van der Waals surface area contributed by atoms with Gasteiger partial charge in [-0.1, -0.05) is 13.8 Å². The van der Waals surface area contributed by atoms with Crippen molar-refractivity contribution in [2.75, 3.05) is 32.7 Å². The standard InChI is InChI=1S/C17H26N4O4/c1-12(2)16(18)17(25)20-10-8-19(9-11-20)13(22)4-3-7-21-14(23)5-6-15(21)24/h5-6,12,16H,3-4,7-11,18H2,1-2H3/t16-/m0/s1. The van der Waals surface area contributed by atoms with Crippen molar-refractivity contribution in [3.05, 3.63) is 12.2 Å². The highest BCUT2D eigenvalue weighted by Crippen LogP contribution is 2.11. The van der Waals surface area contributed by atoms with Crippen LogP contribution in [0.3, 0.4) is 0 Å². The van der Waals surface area contributed by atoms with Crippen LogP contribution in [0.2, 0.25) is 0 Å². The highest BCUT2D eigenvalue weighted by Gasteiger charge is 2.28. The van der Waals surface area contributed by atoms with Gasteiger partial charge in [-0.25, -0.2) is 0 Å². The molecule has 0 radical (unpaired) electrons. The van der Waals surface area contributed by atoms with Crippen LogP contribution >= 0.6 is 0 Å². The summed E-state index contributed by atoms with van der Waals surface area (Å²) in [5, 5.41) is 0. The van der Waals surface area contributed by atoms with Crippen molar-refractivity contribution in [3.8, 4) is 0 Å². The summed E-state index contributed by atoms with van der Waals surface area (Å²) in [4.78, 5) is 51.9. The van der Waals surface area contributed by atoms with Gasteiger partial charge in [-0.2, -0.15) is 0 Å². The largest absolute Gasteiger partial charge is 0.339 e. The van der Waals surface area contributed by atoms with Crippen molar-refractivity contribution in [1.29, 1.82) is 0 Å². The van der Waals surface area contributed by atoms with E-state index in [2.05, 4.69) is 0 Å². The first-order valence-electron chi connectivity index (χ1n) is 8.67. The molecule has 0 aromatic carbocycles. The second-order valence-electron chi connectivity index (χ2n) is 6.74. The summed E-state index contributed by atoms with van der Waals surface area (Å²) in [7, 11) is 0. The van der Waals surface area contributed by atoms with E-state index in [9.17, 15) is 19.2 Å². The summed E-state index contributed by atoms with van der Waals surface area (Å²) < 4.78 is 0. The monoisotopic (exact) mass is 350 g/mol. The molecule has 2 rings (SSSR count). The van der Waals surface area contributed by atoms with Gasteiger partial charge in [0.1, 0.15) is 0 Å². The van der Waals surface area contributed by atoms with Crippen LogP contribution in [0.4, 0.5) is 0 Å². The molecule has 0 aromatic heterocycles. The van der Waals surface area contributed by atoms with Gasteiger partial charge in [0.05, 0.1) is 6.04 Å². The van der Waals surface area contributed by atoms with Crippen LogP contribution < -0.4 is 5.73 Å². The van der Waals surface area contributed by atoms with Gasteiger partial charge in [-0.05, 0) is 12.3 Å². The zero-order valence-electron chi connectivity index (χ0n) is 14.8. The first-order chi connectivity index (χ1) is 11.8. The predicted molar refractivity (Wildman–Crippen MR) is 91.1 cm³/mol. The molecule has 25 heavy (non-hydrogen) atoms. The van der Waals surface area contributed by atoms with Crippen molar-refractivity contribution >= 4 is 23.6 Å². The first kappa shape index (κ1) is 19.1. The molecular weight excluding hydrogens is 324 g/mol. The number of nitrogens with two attached hydrogens (primary N) is 1. The van der Waals surface area contributed by atoms with Gasteiger partial charge in [0.25, 0.3) is 11.8 Å². The number of hydrogen-bond donors (Lipinski definition) is 1. The molecule has 2 aliphatic heterocycles. The van der Waals surface area contributed by atoms with E-state index in [4.69, 9.17) is 5.73 Å². The summed E-state index contributed by atoms with van der Waals surface area (Å²) in [6, 6.07) is -0.508. The van der Waals surface area contributed by atoms with Crippen molar-refractivity contribution in [2.45, 2.75) is 32.7 Å². The smallest absolute Gasteiger partial charge is 0.253 e. The minimum atomic E-state index is -0.508. The van der Waals surface area contributed by atoms with E-state index in [-0.39, 0.29) is 42.5 Å². The van der Waals surface area contributed by atoms with Crippen LogP contribution in [-0.4, -0.2) is 77.1 Å². The molecule has 8 nitrogen and oxygen atoms in total. The van der Waals surface area contributed by atoms with E-state index >= 15 is 0 Å². The normalized spacial score (nSPS) is 19.1. The molecule has 138 valence electrons. The predicted octanol–water partition coefficient (Wildman–Crippen LogP) is -0.654. The molecule has 0 spiro atoms. The molecule has 1 saturated heterocycles. The summed E-state index contributed by atoms with van der Waals surface area (Å²) >= 11 is 0. The molecular formula is C17H26N4O4. The van der Waals surface area contributed by atoms with E-state index in [0.29, 0.717) is 32.6 Å². The molecule has 0 bridgehead atoms. The average Bonchev–Trinajstić information content (AvgIpc) is 2.92. The number of carbonyl (C=O) groups is 4. The van der Waals surface area contributed by atoms with E-state index in [1.807, 2.05) is 13.8 Å². The third kappa shape index (κ3) is 4.66. The van der Waals surface area contributed by atoms with Gasteiger partial charge in [0, 0.05) is 51.3 Å². The molecule has 4 amide bonds. The Balaban J connectivity index is 1.71. The van der Waals surface area contributed by atoms with Crippen LogP contribution in [0.25, 0.3) is 0 Å². The van der Waals surface area contributed by atoms with E-state index in [0.717, 1.165) is 4.90 Å². The maximum Gasteiger partial charge on any atom is 0.253 e. The molecule has 0 aromatic rings. The van der Waals surface area contributed by atoms with Gasteiger partial charge >= 0.3 is 0 Å². The summed E-state index contributed by atoms with van der Waals surface area (Å²) in [6.45, 7) is 6.01. The molecule has 1 fully saturated rings. The third-order valence-corrected chi connectivity index (χ3v) is 4.62. The van der Waals surface area contributed by atoms with Crippen LogP contribution in [0.5, 0.6) is 0 Å². The van der Waals surface area contributed by atoms with Crippen LogP contribution in [0.1, 0.15) is 26.7 Å². The number of hydrogen-bond acceptors (Lipinski definition) is 5. The topological polar surface area (TPSA) is 104 Å². The maximum absolute atomic E-state index is 12.2. The Bertz CT molecular complexity index is 561. The molecule has 8 heteroatoms. The van der Waals surface area contributed by atoms with Crippen LogP contribution in [-0.2, 0) is 19.2 Å². The first-order valence-corrected chi connectivity index (χ1v) is 8.67. The minimum absolute atomic E-state index is 0.0210. The Morgan fingerprint density at radius 3 is 2.08 bits per heavy atom. The molecule has 0 unspecified atom stereocenters. The van der Waals surface area contributed by atoms with Gasteiger partial charge in [-0.15, -0.1) is 0 Å². The fourth-order valence-electron chi connectivity index (χ4n) is 2.87. The highest BCUT2D eigenvalue weighted by molar-refractivity contribution is 6.12. The lowest BCUT2D eigenvalue weighted by Gasteiger charge is -2.36. The molecule has 2 N–H and O–H groups in total. The van der Waals surface area contributed by atoms with Crippen molar-refractivity contribution in [3.63, 3.8) is 0 Å². The molecule has 0 saturated carbocycles. The van der Waals surface area contributed by atoms with Crippen molar-refractivity contribution < 1.29 is 19.2 Å². The summed E-state index contributed by atoms with van der Waals surface area (Å²) in [5.74, 6) is -0.664. The quantitative estimate of drug-likeness (QED) is 0.641. The fourth-order valence-corrected chi connectivity index (χ4v) is 2.87. The Hall–Kier alpha value is -2.22. The van der Waals surface area contributed by atoms with Crippen LogP contribution in [0, 0.1) is 5.92 Å². The SMILES string of the molecule is CC(C)[C@H](N)C(=O)N1CCN(C(=O)CCCN2C(=O)C=CC2=O)CC1. The van der Waals surface area contributed by atoms with Gasteiger partial charge in [0.15, 0.2) is 0 Å². The zero-order chi connectivity index (χ0) is 18.6. The lowest BCUT2D eigenvalue weighted by molar-refractivity contribution is -0.141. The van der Waals surface area contributed by atoms with Crippen LogP contribution in [0.15, 0.2) is 12.2 Å². The second-order valence-corrected chi connectivity index (χ2v) is 6.74. The van der Waals surface area contributed by atoms with Gasteiger partial charge < -0.3 is 15.5 Å². The zero-order valence-corrected chi connectivity index (χ0v) is 14.8. The number of piperazine rings is 1. The molecule has 2 aliphatic rings. The van der Waals surface area contributed by atoms with E-state index in [1.165, 1.54) is 12.2 Å². The number of amides is 4. The summed E-state index contributed by atoms with van der Waals surface area (Å²) in [5.41, 5.74) is 5.90. The summed E-state index contributed by atoms with van der Waals surface area (Å²) in [6.07, 6.45) is 3.19. The van der Waals surface area contributed by atoms with Crippen molar-refractivity contribution in [2.24, 2.45) is 11.7 Å². The fraction of sp³-hybridized carbons (Fsp3) is 0.647. The third-order valence-electron chi connectivity index (χ3n) is 4.62. The lowest BCUT2D eigenvalue weighted by Crippen LogP contribution is -2.55. The Morgan fingerprint density at radius 1 is 1.04 bits per heavy atom. The highest BCUT2D eigenvalue weighted by atomic mass is 16.2. The van der Waals surface area contributed by atoms with E-state index < -0.39 is 6.04 Å². The number of rotatable bonds is 6. The Kier molecular flexibility index (Phi) is 6.30. The Morgan fingerprint density at radius 2 is 1.56 bits per heavy atom. The average molecular weight is 350 g/mol. The van der Waals surface area contributed by atoms with E-state index in [1.54, 1.807) is 9.80 Å². The molecule has 2 heterocycles. The Labute approximate surface area is 147 Å². The lowest BCUT2D eigenvalue weighted by atomic mass is 10.0. The minimum Gasteiger partial charge on any atom is -0.339 e. The van der Waals surface area contributed by atoms with Gasteiger partial charge in [-0.3, -0.25) is 24.1 Å². The van der Waals surface area contributed by atoms with Crippen molar-refractivity contribution in [1.82, 2.24) is 14.7 Å². The maximum atomic E-state index is 12.2.